The second-order valence-corrected chi connectivity index (χ2v) is 7.41. The molecule has 0 unspecified atom stereocenters. The lowest BCUT2D eigenvalue weighted by molar-refractivity contribution is -0.122. The van der Waals surface area contributed by atoms with Crippen LogP contribution in [-0.4, -0.2) is 60.7 Å². The summed E-state index contributed by atoms with van der Waals surface area (Å²) < 4.78 is 24.0. The van der Waals surface area contributed by atoms with E-state index < -0.39 is 0 Å². The quantitative estimate of drug-likeness (QED) is 0.570. The summed E-state index contributed by atoms with van der Waals surface area (Å²) in [7, 11) is 0. The summed E-state index contributed by atoms with van der Waals surface area (Å²) in [4.78, 5) is 16.8. The zero-order chi connectivity index (χ0) is 20.1. The molecule has 1 aromatic carbocycles. The number of amides is 1. The van der Waals surface area contributed by atoms with Crippen molar-refractivity contribution in [3.63, 3.8) is 0 Å². The molecule has 4 rings (SSSR count). The molecule has 29 heavy (non-hydrogen) atoms. The maximum Gasteiger partial charge on any atom is 0.254 e. The van der Waals surface area contributed by atoms with E-state index in [1.54, 1.807) is 24.3 Å². The van der Waals surface area contributed by atoms with E-state index in [0.717, 1.165) is 19.6 Å². The van der Waals surface area contributed by atoms with Gasteiger partial charge in [0.25, 0.3) is 5.91 Å². The number of benzene rings is 1. The first kappa shape index (κ1) is 19.6. The van der Waals surface area contributed by atoms with Gasteiger partial charge in [0.15, 0.2) is 0 Å². The SMILES string of the molecule is O=C(CN1CCN2CCC[C@@H]2C1)N/N=C/c1ccc(COc2ccc(F)cc2)o1. The molecule has 2 aliphatic heterocycles. The number of halogens is 1. The number of hydrogen-bond acceptors (Lipinski definition) is 6. The molecule has 3 heterocycles. The number of carbonyl (C=O) groups excluding carboxylic acids is 1. The van der Waals surface area contributed by atoms with E-state index >= 15 is 0 Å². The fraction of sp³-hybridized carbons (Fsp3) is 0.429. The average molecular weight is 400 g/mol. The van der Waals surface area contributed by atoms with Crippen LogP contribution in [0.1, 0.15) is 24.4 Å². The van der Waals surface area contributed by atoms with Gasteiger partial charge in [-0.05, 0) is 55.8 Å². The van der Waals surface area contributed by atoms with Gasteiger partial charge in [-0.15, -0.1) is 0 Å². The van der Waals surface area contributed by atoms with Crippen molar-refractivity contribution in [2.75, 3.05) is 32.7 Å². The van der Waals surface area contributed by atoms with Crippen molar-refractivity contribution in [1.82, 2.24) is 15.2 Å². The number of piperazine rings is 1. The molecule has 0 saturated carbocycles. The van der Waals surface area contributed by atoms with Crippen LogP contribution in [0.15, 0.2) is 45.9 Å². The fourth-order valence-electron chi connectivity index (χ4n) is 3.83. The van der Waals surface area contributed by atoms with E-state index in [1.165, 1.54) is 37.7 Å². The molecule has 1 aromatic heterocycles. The van der Waals surface area contributed by atoms with Gasteiger partial charge in [0, 0.05) is 25.7 Å². The number of furan rings is 1. The van der Waals surface area contributed by atoms with Gasteiger partial charge in [0.1, 0.15) is 29.7 Å². The largest absolute Gasteiger partial charge is 0.486 e. The average Bonchev–Trinajstić information content (AvgIpc) is 3.36. The molecule has 1 atom stereocenters. The lowest BCUT2D eigenvalue weighted by Gasteiger charge is -2.36. The predicted octanol–water partition coefficient (Wildman–Crippen LogP) is 2.23. The Morgan fingerprint density at radius 3 is 2.97 bits per heavy atom. The molecule has 2 fully saturated rings. The van der Waals surface area contributed by atoms with Crippen molar-refractivity contribution in [3.8, 4) is 5.75 Å². The normalized spacial score (nSPS) is 20.1. The second kappa shape index (κ2) is 9.19. The van der Waals surface area contributed by atoms with Crippen LogP contribution >= 0.6 is 0 Å². The zero-order valence-corrected chi connectivity index (χ0v) is 16.2. The van der Waals surface area contributed by atoms with Gasteiger partial charge < -0.3 is 9.15 Å². The number of hydrogen-bond donors (Lipinski definition) is 1. The lowest BCUT2D eigenvalue weighted by atomic mass is 10.1. The first-order chi connectivity index (χ1) is 14.2. The number of nitrogens with one attached hydrogen (secondary N) is 1. The Labute approximate surface area is 169 Å². The first-order valence-electron chi connectivity index (χ1n) is 9.91. The van der Waals surface area contributed by atoms with E-state index in [2.05, 4.69) is 20.3 Å². The highest BCUT2D eigenvalue weighted by Crippen LogP contribution is 2.21. The minimum absolute atomic E-state index is 0.126. The molecule has 0 spiro atoms. The van der Waals surface area contributed by atoms with Crippen LogP contribution in [0.4, 0.5) is 4.39 Å². The summed E-state index contributed by atoms with van der Waals surface area (Å²) in [5.41, 5.74) is 2.56. The lowest BCUT2D eigenvalue weighted by Crippen LogP contribution is -2.52. The van der Waals surface area contributed by atoms with E-state index in [9.17, 15) is 9.18 Å². The number of rotatable bonds is 7. The Hall–Kier alpha value is -2.71. The van der Waals surface area contributed by atoms with Crippen LogP contribution in [0, 0.1) is 5.82 Å². The maximum atomic E-state index is 12.9. The Morgan fingerprint density at radius 1 is 1.24 bits per heavy atom. The minimum Gasteiger partial charge on any atom is -0.486 e. The Bertz CT molecular complexity index is 852. The molecule has 7 nitrogen and oxygen atoms in total. The first-order valence-corrected chi connectivity index (χ1v) is 9.91. The van der Waals surface area contributed by atoms with Gasteiger partial charge in [-0.2, -0.15) is 5.10 Å². The molecule has 8 heteroatoms. The Balaban J connectivity index is 1.19. The Morgan fingerprint density at radius 2 is 2.10 bits per heavy atom. The van der Waals surface area contributed by atoms with E-state index in [1.807, 2.05) is 0 Å². The molecule has 1 N–H and O–H groups in total. The molecule has 2 aromatic rings. The van der Waals surface area contributed by atoms with Crippen LogP contribution in [0.5, 0.6) is 5.75 Å². The molecular weight excluding hydrogens is 375 g/mol. The molecule has 154 valence electrons. The van der Waals surface area contributed by atoms with Crippen molar-refractivity contribution in [2.24, 2.45) is 5.10 Å². The van der Waals surface area contributed by atoms with E-state index in [-0.39, 0.29) is 18.3 Å². The van der Waals surface area contributed by atoms with Gasteiger partial charge >= 0.3 is 0 Å². The zero-order valence-electron chi connectivity index (χ0n) is 16.2. The third-order valence-electron chi connectivity index (χ3n) is 5.30. The highest BCUT2D eigenvalue weighted by Gasteiger charge is 2.30. The smallest absolute Gasteiger partial charge is 0.254 e. The summed E-state index contributed by atoms with van der Waals surface area (Å²) in [6, 6.07) is 9.91. The summed E-state index contributed by atoms with van der Waals surface area (Å²) in [6.07, 6.45) is 3.95. The van der Waals surface area contributed by atoms with Crippen LogP contribution in [0.2, 0.25) is 0 Å². The van der Waals surface area contributed by atoms with Crippen molar-refractivity contribution < 1.29 is 18.3 Å². The summed E-state index contributed by atoms with van der Waals surface area (Å²) in [5.74, 6) is 1.25. The van der Waals surface area contributed by atoms with E-state index in [0.29, 0.717) is 29.9 Å². The highest BCUT2D eigenvalue weighted by molar-refractivity contribution is 5.81. The predicted molar refractivity (Wildman–Crippen MR) is 106 cm³/mol. The number of ether oxygens (including phenoxy) is 1. The topological polar surface area (TPSA) is 70.3 Å². The maximum absolute atomic E-state index is 12.9. The minimum atomic E-state index is -0.309. The standard InChI is InChI=1S/C21H25FN4O3/c22-16-3-5-18(6-4-16)28-15-20-8-7-19(29-20)12-23-24-21(27)14-25-10-11-26-9-1-2-17(26)13-25/h3-8,12,17H,1-2,9-11,13-15H2,(H,24,27)/b23-12+/t17-/m1/s1. The van der Waals surface area contributed by atoms with Crippen molar-refractivity contribution in [3.05, 3.63) is 53.7 Å². The molecule has 1 amide bonds. The summed E-state index contributed by atoms with van der Waals surface area (Å²) in [5, 5.41) is 3.98. The van der Waals surface area contributed by atoms with Gasteiger partial charge in [-0.1, -0.05) is 0 Å². The fourth-order valence-corrected chi connectivity index (χ4v) is 3.83. The highest BCUT2D eigenvalue weighted by atomic mass is 19.1. The summed E-state index contributed by atoms with van der Waals surface area (Å²) >= 11 is 0. The molecule has 0 aliphatic carbocycles. The van der Waals surface area contributed by atoms with Crippen molar-refractivity contribution >= 4 is 12.1 Å². The van der Waals surface area contributed by atoms with Crippen LogP contribution < -0.4 is 10.2 Å². The van der Waals surface area contributed by atoms with Crippen LogP contribution in [0.25, 0.3) is 0 Å². The molecular formula is C21H25FN4O3. The van der Waals surface area contributed by atoms with E-state index in [4.69, 9.17) is 9.15 Å². The van der Waals surface area contributed by atoms with Gasteiger partial charge in [0.05, 0.1) is 12.8 Å². The van der Waals surface area contributed by atoms with Gasteiger partial charge in [0.2, 0.25) is 0 Å². The molecule has 2 saturated heterocycles. The number of fused-ring (bicyclic) bond motifs is 1. The molecule has 0 radical (unpaired) electrons. The Kier molecular flexibility index (Phi) is 6.21. The third kappa shape index (κ3) is 5.42. The number of carbonyl (C=O) groups is 1. The van der Waals surface area contributed by atoms with Gasteiger partial charge in [-0.3, -0.25) is 14.6 Å². The third-order valence-corrected chi connectivity index (χ3v) is 5.30. The van der Waals surface area contributed by atoms with Crippen LogP contribution in [-0.2, 0) is 11.4 Å². The molecule has 0 bridgehead atoms. The number of hydrazone groups is 1. The van der Waals surface area contributed by atoms with Crippen LogP contribution in [0.3, 0.4) is 0 Å². The number of nitrogens with zero attached hydrogens (tertiary/aromatic N) is 3. The van der Waals surface area contributed by atoms with Gasteiger partial charge in [-0.25, -0.2) is 9.82 Å². The monoisotopic (exact) mass is 400 g/mol. The second-order valence-electron chi connectivity index (χ2n) is 7.41. The molecule has 2 aliphatic rings. The van der Waals surface area contributed by atoms with Crippen molar-refractivity contribution in [1.29, 1.82) is 0 Å². The van der Waals surface area contributed by atoms with Crippen molar-refractivity contribution in [2.45, 2.75) is 25.5 Å². The summed E-state index contributed by atoms with van der Waals surface area (Å²) in [6.45, 7) is 4.68.